The number of hydrogen-bond acceptors (Lipinski definition) is 4. The Hall–Kier alpha value is -0.820. The van der Waals surface area contributed by atoms with E-state index >= 15 is 0 Å². The number of rotatable bonds is 3. The molecule has 0 aromatic heterocycles. The van der Waals surface area contributed by atoms with Gasteiger partial charge in [-0.3, -0.25) is 0 Å². The smallest absolute Gasteiger partial charge is 0.244 e. The Labute approximate surface area is 111 Å². The van der Waals surface area contributed by atoms with Crippen LogP contribution in [0.25, 0.3) is 0 Å². The Balaban J connectivity index is 2.25. The van der Waals surface area contributed by atoms with E-state index in [1.165, 1.54) is 12.1 Å². The third kappa shape index (κ3) is 2.95. The summed E-state index contributed by atoms with van der Waals surface area (Å²) < 4.78 is 32.2. The van der Waals surface area contributed by atoms with Crippen LogP contribution < -0.4 is 10.5 Å². The summed E-state index contributed by atoms with van der Waals surface area (Å²) in [4.78, 5) is -0.0581. The summed E-state index contributed by atoms with van der Waals surface area (Å²) in [7, 11) is -3.71. The Bertz CT molecular complexity index is 507. The van der Waals surface area contributed by atoms with Gasteiger partial charge in [0.05, 0.1) is 17.3 Å². The van der Waals surface area contributed by atoms with E-state index in [4.69, 9.17) is 22.1 Å². The maximum atomic E-state index is 12.2. The molecule has 1 unspecified atom stereocenters. The van der Waals surface area contributed by atoms with Crippen LogP contribution in [0.15, 0.2) is 23.1 Å². The minimum Gasteiger partial charge on any atom is -0.398 e. The summed E-state index contributed by atoms with van der Waals surface area (Å²) >= 11 is 5.90. The number of anilines is 1. The van der Waals surface area contributed by atoms with E-state index in [9.17, 15) is 8.42 Å². The van der Waals surface area contributed by atoms with Crippen LogP contribution in [0.2, 0.25) is 5.02 Å². The molecule has 0 spiro atoms. The van der Waals surface area contributed by atoms with Crippen LogP contribution in [0.5, 0.6) is 0 Å². The molecule has 1 aromatic carbocycles. The van der Waals surface area contributed by atoms with E-state index in [0.717, 1.165) is 12.8 Å². The molecule has 0 radical (unpaired) electrons. The maximum absolute atomic E-state index is 12.2. The minimum atomic E-state index is -3.71. The van der Waals surface area contributed by atoms with E-state index in [1.54, 1.807) is 6.07 Å². The van der Waals surface area contributed by atoms with Gasteiger partial charge in [-0.25, -0.2) is 13.1 Å². The topological polar surface area (TPSA) is 81.4 Å². The summed E-state index contributed by atoms with van der Waals surface area (Å²) in [5.74, 6) is 0. The molecule has 18 heavy (non-hydrogen) atoms. The standard InChI is InChI=1S/C11H15ClN2O3S/c12-9-4-1-5-10(13)11(9)18(15,16)14-8-3-2-6-17-7-8/h1,4-5,8,14H,2-3,6-7,13H2. The molecule has 0 aliphatic carbocycles. The van der Waals surface area contributed by atoms with Gasteiger partial charge in [0.2, 0.25) is 10.0 Å². The highest BCUT2D eigenvalue weighted by Crippen LogP contribution is 2.27. The van der Waals surface area contributed by atoms with E-state index in [2.05, 4.69) is 4.72 Å². The van der Waals surface area contributed by atoms with Crippen LogP contribution >= 0.6 is 11.6 Å². The number of hydrogen-bond donors (Lipinski definition) is 2. The zero-order valence-corrected chi connectivity index (χ0v) is 11.3. The fourth-order valence-corrected chi connectivity index (χ4v) is 3.85. The molecule has 1 heterocycles. The SMILES string of the molecule is Nc1cccc(Cl)c1S(=O)(=O)NC1CCCOC1. The van der Waals surface area contributed by atoms with Crippen LogP contribution in [0, 0.1) is 0 Å². The second kappa shape index (κ2) is 5.44. The summed E-state index contributed by atoms with van der Waals surface area (Å²) in [5.41, 5.74) is 5.82. The molecule has 1 aliphatic heterocycles. The van der Waals surface area contributed by atoms with Crippen LogP contribution in [0.4, 0.5) is 5.69 Å². The highest BCUT2D eigenvalue weighted by Gasteiger charge is 2.25. The lowest BCUT2D eigenvalue weighted by atomic mass is 10.1. The summed E-state index contributed by atoms with van der Waals surface area (Å²) in [6.45, 7) is 1.05. The molecule has 0 saturated carbocycles. The van der Waals surface area contributed by atoms with Gasteiger partial charge in [0.25, 0.3) is 0 Å². The van der Waals surface area contributed by atoms with Gasteiger partial charge in [0.1, 0.15) is 4.90 Å². The van der Waals surface area contributed by atoms with Gasteiger partial charge >= 0.3 is 0 Å². The van der Waals surface area contributed by atoms with Crippen molar-refractivity contribution in [2.24, 2.45) is 0 Å². The van der Waals surface area contributed by atoms with Crippen molar-refractivity contribution in [3.05, 3.63) is 23.2 Å². The number of nitrogens with two attached hydrogens (primary N) is 1. The normalized spacial score (nSPS) is 20.8. The molecule has 1 aliphatic rings. The zero-order valence-electron chi connectivity index (χ0n) is 9.73. The molecule has 100 valence electrons. The van der Waals surface area contributed by atoms with Gasteiger partial charge < -0.3 is 10.5 Å². The quantitative estimate of drug-likeness (QED) is 0.824. The van der Waals surface area contributed by atoms with Crippen molar-refractivity contribution in [1.29, 1.82) is 0 Å². The molecule has 2 rings (SSSR count). The Morgan fingerprint density at radius 3 is 2.83 bits per heavy atom. The lowest BCUT2D eigenvalue weighted by molar-refractivity contribution is 0.0774. The number of nitrogens with one attached hydrogen (secondary N) is 1. The van der Waals surface area contributed by atoms with Gasteiger partial charge in [-0.1, -0.05) is 17.7 Å². The maximum Gasteiger partial charge on any atom is 0.244 e. The van der Waals surface area contributed by atoms with Gasteiger partial charge in [-0.15, -0.1) is 0 Å². The molecular weight excluding hydrogens is 276 g/mol. The molecule has 1 fully saturated rings. The van der Waals surface area contributed by atoms with Crippen molar-refractivity contribution in [3.63, 3.8) is 0 Å². The Morgan fingerprint density at radius 1 is 1.44 bits per heavy atom. The molecule has 0 amide bonds. The largest absolute Gasteiger partial charge is 0.398 e. The fraction of sp³-hybridized carbons (Fsp3) is 0.455. The Morgan fingerprint density at radius 2 is 2.22 bits per heavy atom. The van der Waals surface area contributed by atoms with Crippen molar-refractivity contribution >= 4 is 27.3 Å². The first-order valence-corrected chi connectivity index (χ1v) is 7.51. The van der Waals surface area contributed by atoms with Crippen molar-refractivity contribution in [2.45, 2.75) is 23.8 Å². The fourth-order valence-electron chi connectivity index (χ4n) is 1.92. The first kappa shape index (κ1) is 13.6. The molecule has 1 atom stereocenters. The first-order valence-electron chi connectivity index (χ1n) is 5.65. The third-order valence-electron chi connectivity index (χ3n) is 2.75. The number of halogens is 1. The monoisotopic (exact) mass is 290 g/mol. The minimum absolute atomic E-state index is 0.0581. The van der Waals surface area contributed by atoms with Crippen molar-refractivity contribution < 1.29 is 13.2 Å². The number of sulfonamides is 1. The Kier molecular flexibility index (Phi) is 4.11. The molecule has 5 nitrogen and oxygen atoms in total. The average molecular weight is 291 g/mol. The van der Waals surface area contributed by atoms with Crippen LogP contribution in [-0.2, 0) is 14.8 Å². The second-order valence-corrected chi connectivity index (χ2v) is 6.25. The molecule has 0 bridgehead atoms. The van der Waals surface area contributed by atoms with Gasteiger partial charge in [-0.2, -0.15) is 0 Å². The number of benzene rings is 1. The lowest BCUT2D eigenvalue weighted by Crippen LogP contribution is -2.40. The zero-order chi connectivity index (χ0) is 13.2. The van der Waals surface area contributed by atoms with E-state index in [0.29, 0.717) is 13.2 Å². The summed E-state index contributed by atoms with van der Waals surface area (Å²) in [6, 6.07) is 4.40. The number of nitrogen functional groups attached to an aromatic ring is 1. The average Bonchev–Trinajstić information content (AvgIpc) is 2.28. The van der Waals surface area contributed by atoms with Gasteiger partial charge in [-0.05, 0) is 25.0 Å². The third-order valence-corrected chi connectivity index (χ3v) is 4.81. The summed E-state index contributed by atoms with van der Waals surface area (Å²) in [6.07, 6.45) is 1.59. The molecule has 3 N–H and O–H groups in total. The predicted molar refractivity (Wildman–Crippen MR) is 70.0 cm³/mol. The van der Waals surface area contributed by atoms with E-state index in [1.807, 2.05) is 0 Å². The predicted octanol–water partition coefficient (Wildman–Crippen LogP) is 1.38. The van der Waals surface area contributed by atoms with Gasteiger partial charge in [0, 0.05) is 12.6 Å². The van der Waals surface area contributed by atoms with Crippen LogP contribution in [-0.4, -0.2) is 27.7 Å². The lowest BCUT2D eigenvalue weighted by Gasteiger charge is -2.23. The van der Waals surface area contributed by atoms with Gasteiger partial charge in [0.15, 0.2) is 0 Å². The highest BCUT2D eigenvalue weighted by atomic mass is 35.5. The molecule has 1 saturated heterocycles. The van der Waals surface area contributed by atoms with Crippen LogP contribution in [0.3, 0.4) is 0 Å². The van der Waals surface area contributed by atoms with Crippen LogP contribution in [0.1, 0.15) is 12.8 Å². The molecule has 7 heteroatoms. The second-order valence-electron chi connectivity index (χ2n) is 4.19. The van der Waals surface area contributed by atoms with Crippen molar-refractivity contribution in [2.75, 3.05) is 18.9 Å². The number of ether oxygens (including phenoxy) is 1. The van der Waals surface area contributed by atoms with E-state index in [-0.39, 0.29) is 21.6 Å². The molecular formula is C11H15ClN2O3S. The van der Waals surface area contributed by atoms with Crippen molar-refractivity contribution in [3.8, 4) is 0 Å². The van der Waals surface area contributed by atoms with Crippen molar-refractivity contribution in [1.82, 2.24) is 4.72 Å². The van der Waals surface area contributed by atoms with E-state index < -0.39 is 10.0 Å². The highest BCUT2D eigenvalue weighted by molar-refractivity contribution is 7.89. The molecule has 1 aromatic rings. The first-order chi connectivity index (χ1) is 8.50. The summed E-state index contributed by atoms with van der Waals surface area (Å²) in [5, 5.41) is 0.124.